The van der Waals surface area contributed by atoms with Gasteiger partial charge in [0.2, 0.25) is 5.78 Å². The van der Waals surface area contributed by atoms with Gasteiger partial charge in [-0.1, -0.05) is 23.8 Å². The van der Waals surface area contributed by atoms with Crippen LogP contribution in [0.3, 0.4) is 0 Å². The van der Waals surface area contributed by atoms with Crippen LogP contribution in [-0.4, -0.2) is 62.9 Å². The molecule has 1 aromatic carbocycles. The van der Waals surface area contributed by atoms with E-state index in [2.05, 4.69) is 20.8 Å². The molecule has 2 aromatic rings. The summed E-state index contributed by atoms with van der Waals surface area (Å²) >= 11 is 6.07. The molecule has 0 atom stereocenters. The van der Waals surface area contributed by atoms with Gasteiger partial charge in [-0.05, 0) is 49.6 Å². The summed E-state index contributed by atoms with van der Waals surface area (Å²) < 4.78 is 93.1. The number of ketones is 1. The Morgan fingerprint density at radius 2 is 1.83 bits per heavy atom. The minimum Gasteiger partial charge on any atom is -0.380 e. The maximum atomic E-state index is 13.9. The van der Waals surface area contributed by atoms with Crippen LogP contribution >= 0.6 is 11.6 Å². The number of hydrazine groups is 1. The number of rotatable bonds is 10. The van der Waals surface area contributed by atoms with Crippen LogP contribution < -0.4 is 22.2 Å². The van der Waals surface area contributed by atoms with E-state index in [0.29, 0.717) is 18.4 Å². The van der Waals surface area contributed by atoms with E-state index in [1.54, 1.807) is 12.1 Å². The highest BCUT2D eigenvalue weighted by molar-refractivity contribution is 6.31. The van der Waals surface area contributed by atoms with E-state index in [1.165, 1.54) is 31.2 Å². The number of nitriles is 1. The van der Waals surface area contributed by atoms with Gasteiger partial charge in [-0.3, -0.25) is 14.4 Å². The monoisotopic (exact) mass is 677 g/mol. The largest absolute Gasteiger partial charge is 0.460 e. The Morgan fingerprint density at radius 3 is 2.46 bits per heavy atom. The van der Waals surface area contributed by atoms with Crippen LogP contribution in [0.2, 0.25) is 5.02 Å². The van der Waals surface area contributed by atoms with Crippen LogP contribution in [0.5, 0.6) is 0 Å². The average molecular weight is 678 g/mol. The molecule has 20 heteroatoms. The smallest absolute Gasteiger partial charge is 0.380 e. The van der Waals surface area contributed by atoms with Crippen LogP contribution in [0.25, 0.3) is 5.70 Å². The number of allylic oxidation sites excluding steroid dienone is 4. The number of aromatic nitrogens is 2. The fourth-order valence-electron chi connectivity index (χ4n) is 3.96. The third-order valence-electron chi connectivity index (χ3n) is 6.16. The predicted molar refractivity (Wildman–Crippen MR) is 149 cm³/mol. The molecule has 1 aromatic heterocycles. The second kappa shape index (κ2) is 13.6. The van der Waals surface area contributed by atoms with Crippen LogP contribution in [0.1, 0.15) is 44.9 Å². The lowest BCUT2D eigenvalue weighted by molar-refractivity contribution is -0.336. The number of alkyl halides is 7. The molecule has 6 N–H and O–H groups in total. The molecular weight excluding hydrogens is 655 g/mol. The third kappa shape index (κ3) is 7.46. The zero-order valence-corrected chi connectivity index (χ0v) is 24.2. The molecule has 1 aliphatic rings. The van der Waals surface area contributed by atoms with Gasteiger partial charge in [0.25, 0.3) is 11.8 Å². The van der Waals surface area contributed by atoms with E-state index in [4.69, 9.17) is 28.4 Å². The van der Waals surface area contributed by atoms with Gasteiger partial charge in [0.15, 0.2) is 5.84 Å². The summed E-state index contributed by atoms with van der Waals surface area (Å²) in [6, 6.07) is 5.34. The van der Waals surface area contributed by atoms with Gasteiger partial charge >= 0.3 is 18.0 Å². The fourth-order valence-corrected chi connectivity index (χ4v) is 4.23. The lowest BCUT2D eigenvalue weighted by atomic mass is 10.1. The summed E-state index contributed by atoms with van der Waals surface area (Å²) in [6.45, 7) is 0.237. The lowest BCUT2D eigenvalue weighted by Gasteiger charge is -2.28. The number of hydrogen-bond acceptors (Lipinski definition) is 8. The van der Waals surface area contributed by atoms with Crippen molar-refractivity contribution in [2.24, 2.45) is 16.7 Å². The van der Waals surface area contributed by atoms with Gasteiger partial charge in [-0.15, -0.1) is 5.10 Å². The highest BCUT2D eigenvalue weighted by atomic mass is 35.5. The van der Waals surface area contributed by atoms with E-state index < -0.39 is 48.0 Å². The van der Waals surface area contributed by atoms with E-state index in [0.717, 1.165) is 10.7 Å². The second-order valence-electron chi connectivity index (χ2n) is 9.54. The van der Waals surface area contributed by atoms with Crippen molar-refractivity contribution in [1.82, 2.24) is 20.2 Å². The number of aryl methyl sites for hydroxylation is 1. The maximum absolute atomic E-state index is 13.9. The number of carbonyl (C=O) groups is 3. The summed E-state index contributed by atoms with van der Waals surface area (Å²) in [6.07, 6.45) is -1.73. The SMILES string of the molecule is Cc1cc(Cl)cc(C(=O)NCC#N)c1NC(=O)c1cc(CN(N)N=C(N)C(F)(F)C(F)(F)C(F)(F)F)nn1C1=CCCC=CC1=O. The van der Waals surface area contributed by atoms with Gasteiger partial charge in [-0.2, -0.15) is 41.1 Å². The molecule has 246 valence electrons. The number of anilines is 1. The Balaban J connectivity index is 2.04. The minimum atomic E-state index is -6.68. The van der Waals surface area contributed by atoms with Crippen molar-refractivity contribution in [1.29, 1.82) is 5.26 Å². The number of halogens is 8. The first-order valence-corrected chi connectivity index (χ1v) is 13.2. The molecule has 0 aliphatic heterocycles. The number of carbonyl (C=O) groups excluding carboxylic acids is 3. The molecule has 0 saturated carbocycles. The van der Waals surface area contributed by atoms with Crippen LogP contribution in [-0.2, 0) is 11.3 Å². The number of nitrogens with one attached hydrogen (secondary N) is 2. The van der Waals surface area contributed by atoms with Gasteiger partial charge in [0.05, 0.1) is 29.6 Å². The Kier molecular flexibility index (Phi) is 10.5. The Hall–Kier alpha value is -4.96. The molecule has 1 heterocycles. The molecule has 0 saturated heterocycles. The van der Waals surface area contributed by atoms with E-state index in [1.807, 2.05) is 0 Å². The van der Waals surface area contributed by atoms with Gasteiger partial charge in [0.1, 0.15) is 17.9 Å². The topological polar surface area (TPSA) is 185 Å². The second-order valence-corrected chi connectivity index (χ2v) is 9.97. The van der Waals surface area contributed by atoms with Crippen molar-refractivity contribution < 1.29 is 45.1 Å². The van der Waals surface area contributed by atoms with Crippen molar-refractivity contribution in [3.8, 4) is 6.07 Å². The van der Waals surface area contributed by atoms with Gasteiger partial charge < -0.3 is 16.4 Å². The molecule has 0 bridgehead atoms. The summed E-state index contributed by atoms with van der Waals surface area (Å²) in [5, 5.41) is 20.5. The number of nitrogens with zero attached hydrogens (tertiary/aromatic N) is 5. The van der Waals surface area contributed by atoms with Crippen LogP contribution in [0.15, 0.2) is 41.5 Å². The maximum Gasteiger partial charge on any atom is 0.460 e. The van der Waals surface area contributed by atoms with E-state index >= 15 is 0 Å². The minimum absolute atomic E-state index is 0.0196. The predicted octanol–water partition coefficient (Wildman–Crippen LogP) is 3.89. The van der Waals surface area contributed by atoms with Gasteiger partial charge in [0, 0.05) is 5.02 Å². The molecule has 0 fully saturated rings. The molecule has 2 amide bonds. The molecule has 46 heavy (non-hydrogen) atoms. The average Bonchev–Trinajstić information content (AvgIpc) is 3.24. The van der Waals surface area contributed by atoms with E-state index in [9.17, 15) is 45.1 Å². The molecule has 3 rings (SSSR count). The van der Waals surface area contributed by atoms with Crippen LogP contribution in [0.4, 0.5) is 36.4 Å². The number of benzene rings is 1. The summed E-state index contributed by atoms with van der Waals surface area (Å²) in [5.41, 5.74) is 4.07. The quantitative estimate of drug-likeness (QED) is 0.0729. The van der Waals surface area contributed by atoms with E-state index in [-0.39, 0.29) is 45.0 Å². The first-order chi connectivity index (χ1) is 21.3. The Labute approximate surface area is 260 Å². The number of hydrogen-bond donors (Lipinski definition) is 4. The highest BCUT2D eigenvalue weighted by Gasteiger charge is 2.75. The van der Waals surface area contributed by atoms with Crippen molar-refractivity contribution in [3.05, 3.63) is 64.0 Å². The molecular formula is C26H23ClF7N9O3. The third-order valence-corrected chi connectivity index (χ3v) is 6.38. The van der Waals surface area contributed by atoms with Crippen molar-refractivity contribution in [2.45, 2.75) is 44.3 Å². The zero-order chi connectivity index (χ0) is 34.6. The summed E-state index contributed by atoms with van der Waals surface area (Å²) in [5.74, 6) is -12.0. The summed E-state index contributed by atoms with van der Waals surface area (Å²) in [7, 11) is 0. The first kappa shape index (κ1) is 35.5. The molecule has 0 radical (unpaired) electrons. The molecule has 0 unspecified atom stereocenters. The van der Waals surface area contributed by atoms with Gasteiger partial charge in [-0.25, -0.2) is 15.6 Å². The standard InChI is InChI=1S/C26H23ClF7N9O3/c1-13-9-14(27)10-16(21(45)38-8-7-35)20(13)39-22(46)18-11-15(40-43(18)17-5-3-2-4-6-19(17)44)12-42(37)41-23(36)24(28,29)25(30,31)26(32,33)34/h4-6,9-11H,2-3,8,12,37H2,1H3,(H2,36,41)(H,38,45)(H,39,46). The molecule has 1 aliphatic carbocycles. The van der Waals surface area contributed by atoms with Crippen LogP contribution in [0, 0.1) is 18.3 Å². The number of nitrogens with two attached hydrogens (primary N) is 2. The van der Waals surface area contributed by atoms with Crippen molar-refractivity contribution >= 4 is 46.4 Å². The fraction of sp³-hybridized carbons (Fsp3) is 0.308. The Bertz CT molecular complexity index is 1680. The number of hydrazone groups is 1. The lowest BCUT2D eigenvalue weighted by Crippen LogP contribution is -2.59. The number of amides is 2. The molecule has 0 spiro atoms. The zero-order valence-electron chi connectivity index (χ0n) is 23.4. The first-order valence-electron chi connectivity index (χ1n) is 12.8. The normalized spacial score (nSPS) is 14.3. The Morgan fingerprint density at radius 1 is 1.15 bits per heavy atom. The summed E-state index contributed by atoms with van der Waals surface area (Å²) in [4.78, 5) is 39.1. The number of amidine groups is 1. The highest BCUT2D eigenvalue weighted by Crippen LogP contribution is 2.46. The molecule has 12 nitrogen and oxygen atoms in total. The van der Waals surface area contributed by atoms with Crippen molar-refractivity contribution in [2.75, 3.05) is 11.9 Å². The van der Waals surface area contributed by atoms with Crippen molar-refractivity contribution in [3.63, 3.8) is 0 Å².